The first-order valence-electron chi connectivity index (χ1n) is 11.5. The molecule has 0 unspecified atom stereocenters. The fourth-order valence-corrected chi connectivity index (χ4v) is 8.80. The van der Waals surface area contributed by atoms with Gasteiger partial charge in [0.15, 0.2) is 0 Å². The van der Waals surface area contributed by atoms with Crippen LogP contribution in [0.25, 0.3) is 0 Å². The van der Waals surface area contributed by atoms with E-state index in [1.165, 1.54) is 4.90 Å². The van der Waals surface area contributed by atoms with Crippen LogP contribution in [0.3, 0.4) is 0 Å². The summed E-state index contributed by atoms with van der Waals surface area (Å²) in [6.07, 6.45) is 1.99. The largest absolute Gasteiger partial charge is 0.368 e. The molecular formula is C21H35N5O6S3. The number of sulfonamides is 1. The van der Waals surface area contributed by atoms with Crippen LogP contribution in [0.15, 0.2) is 0 Å². The van der Waals surface area contributed by atoms with Crippen molar-refractivity contribution >= 4 is 57.2 Å². The number of nitrogens with zero attached hydrogens (tertiary/aromatic N) is 1. The Morgan fingerprint density at radius 3 is 2.37 bits per heavy atom. The Morgan fingerprint density at radius 1 is 1.26 bits per heavy atom. The molecule has 0 radical (unpaired) electrons. The second-order valence-corrected chi connectivity index (χ2v) is 15.5. The minimum absolute atomic E-state index is 0.0858. The lowest BCUT2D eigenvalue weighted by Gasteiger charge is -2.35. The van der Waals surface area contributed by atoms with E-state index in [1.54, 1.807) is 44.3 Å². The predicted octanol–water partition coefficient (Wildman–Crippen LogP) is -0.776. The third kappa shape index (κ3) is 6.83. The van der Waals surface area contributed by atoms with Crippen molar-refractivity contribution in [3.8, 4) is 0 Å². The maximum Gasteiger partial charge on any atom is 0.243 e. The summed E-state index contributed by atoms with van der Waals surface area (Å²) in [5, 5.41) is 5.38. The van der Waals surface area contributed by atoms with E-state index in [2.05, 4.69) is 15.4 Å². The van der Waals surface area contributed by atoms with Crippen molar-refractivity contribution in [2.45, 2.75) is 62.2 Å². The standard InChI is InChI=1S/C21H35N5O6S3/c1-20(2,3)15(25-35(4,31)32)19(30)26-11-21(33-7-8-34-21)10-14(26)18(29)24-13(16(22)27)9-12-5-6-23-17(12)28/h12-15,25H,5-11H2,1-4H3,(H2,22,27)(H,23,28)(H,24,29)/t12-,13-,14-,15+/m0/s1. The van der Waals surface area contributed by atoms with E-state index < -0.39 is 57.2 Å². The van der Waals surface area contributed by atoms with Gasteiger partial charge in [-0.1, -0.05) is 20.8 Å². The highest BCUT2D eigenvalue weighted by Crippen LogP contribution is 2.52. The molecule has 4 atom stereocenters. The van der Waals surface area contributed by atoms with Crippen molar-refractivity contribution in [2.75, 3.05) is 30.9 Å². The summed E-state index contributed by atoms with van der Waals surface area (Å²) in [6, 6.07) is -3.03. The topological polar surface area (TPSA) is 168 Å². The number of likely N-dealkylation sites (tertiary alicyclic amines) is 1. The summed E-state index contributed by atoms with van der Waals surface area (Å²) in [7, 11) is -3.70. The van der Waals surface area contributed by atoms with E-state index in [9.17, 15) is 27.6 Å². The van der Waals surface area contributed by atoms with Crippen LogP contribution in [0.5, 0.6) is 0 Å². The summed E-state index contributed by atoms with van der Waals surface area (Å²) >= 11 is 3.37. The Labute approximate surface area is 214 Å². The van der Waals surface area contributed by atoms with Gasteiger partial charge in [-0.05, 0) is 18.3 Å². The van der Waals surface area contributed by atoms with Crippen LogP contribution in [0, 0.1) is 11.3 Å². The van der Waals surface area contributed by atoms with Gasteiger partial charge in [-0.2, -0.15) is 0 Å². The SMILES string of the molecule is CC(C)(C)[C@H](NS(C)(=O)=O)C(=O)N1CC2(C[C@H]1C(=O)N[C@@H](C[C@@H]1CCNC1=O)C(N)=O)SCCS2. The Hall–Kier alpha value is -1.51. The first-order chi connectivity index (χ1) is 16.1. The van der Waals surface area contributed by atoms with Gasteiger partial charge in [0.05, 0.1) is 10.3 Å². The average Bonchev–Trinajstić information content (AvgIpc) is 3.45. The number of amides is 4. The van der Waals surface area contributed by atoms with E-state index in [0.717, 1.165) is 17.8 Å². The molecule has 3 aliphatic rings. The maximum absolute atomic E-state index is 13.7. The number of carbonyl (C=O) groups excluding carboxylic acids is 4. The van der Waals surface area contributed by atoms with Crippen molar-refractivity contribution in [3.05, 3.63) is 0 Å². The first kappa shape index (κ1) is 28.1. The van der Waals surface area contributed by atoms with E-state index in [-0.39, 0.29) is 23.0 Å². The lowest BCUT2D eigenvalue weighted by molar-refractivity contribution is -0.142. The van der Waals surface area contributed by atoms with Gasteiger partial charge < -0.3 is 21.3 Å². The second kappa shape index (κ2) is 10.5. The van der Waals surface area contributed by atoms with Crippen molar-refractivity contribution in [3.63, 3.8) is 0 Å². The molecule has 0 aromatic rings. The third-order valence-electron chi connectivity index (χ3n) is 6.48. The van der Waals surface area contributed by atoms with Gasteiger partial charge in [0, 0.05) is 36.9 Å². The van der Waals surface area contributed by atoms with Gasteiger partial charge in [-0.25, -0.2) is 13.1 Å². The number of nitrogens with one attached hydrogen (secondary N) is 3. The van der Waals surface area contributed by atoms with E-state index in [1.807, 2.05) is 0 Å². The number of nitrogens with two attached hydrogens (primary N) is 1. The van der Waals surface area contributed by atoms with Crippen molar-refractivity contribution in [2.24, 2.45) is 17.1 Å². The second-order valence-electron chi connectivity index (χ2n) is 10.5. The van der Waals surface area contributed by atoms with Gasteiger partial charge in [0.2, 0.25) is 33.7 Å². The summed E-state index contributed by atoms with van der Waals surface area (Å²) in [4.78, 5) is 52.7. The lowest BCUT2D eigenvalue weighted by Crippen LogP contribution is -2.58. The first-order valence-corrected chi connectivity index (χ1v) is 15.4. The number of carbonyl (C=O) groups is 4. The summed E-state index contributed by atoms with van der Waals surface area (Å²) < 4.78 is 26.1. The van der Waals surface area contributed by atoms with Crippen LogP contribution in [-0.4, -0.2) is 90.0 Å². The molecule has 0 aliphatic carbocycles. The summed E-state index contributed by atoms with van der Waals surface area (Å²) in [6.45, 7) is 6.05. The molecule has 3 heterocycles. The molecule has 3 aliphatic heterocycles. The molecule has 0 aromatic heterocycles. The molecule has 3 rings (SSSR count). The zero-order chi connectivity index (χ0) is 26.2. The molecule has 14 heteroatoms. The van der Waals surface area contributed by atoms with Gasteiger partial charge in [-0.15, -0.1) is 23.5 Å². The highest BCUT2D eigenvalue weighted by atomic mass is 32.2. The van der Waals surface area contributed by atoms with E-state index >= 15 is 0 Å². The van der Waals surface area contributed by atoms with Gasteiger partial charge in [-0.3, -0.25) is 19.2 Å². The smallest absolute Gasteiger partial charge is 0.243 e. The molecule has 3 saturated heterocycles. The fourth-order valence-electron chi connectivity index (χ4n) is 4.66. The average molecular weight is 550 g/mol. The number of hydrogen-bond acceptors (Lipinski definition) is 8. The summed E-state index contributed by atoms with van der Waals surface area (Å²) in [5.41, 5.74) is 4.79. The summed E-state index contributed by atoms with van der Waals surface area (Å²) in [5.74, 6) is -0.611. The van der Waals surface area contributed by atoms with E-state index in [4.69, 9.17) is 5.73 Å². The third-order valence-corrected chi connectivity index (χ3v) is 10.6. The Balaban J connectivity index is 1.85. The molecule has 5 N–H and O–H groups in total. The molecule has 3 fully saturated rings. The molecule has 11 nitrogen and oxygen atoms in total. The molecule has 0 saturated carbocycles. The molecular weight excluding hydrogens is 514 g/mol. The molecule has 35 heavy (non-hydrogen) atoms. The predicted molar refractivity (Wildman–Crippen MR) is 136 cm³/mol. The Bertz CT molecular complexity index is 976. The Kier molecular flexibility index (Phi) is 8.39. The molecule has 1 spiro atoms. The molecule has 0 aromatic carbocycles. The van der Waals surface area contributed by atoms with Crippen LogP contribution >= 0.6 is 23.5 Å². The van der Waals surface area contributed by atoms with E-state index in [0.29, 0.717) is 19.4 Å². The van der Waals surface area contributed by atoms with Crippen LogP contribution < -0.4 is 21.1 Å². The fraction of sp³-hybridized carbons (Fsp3) is 0.810. The van der Waals surface area contributed by atoms with Crippen LogP contribution in [0.1, 0.15) is 40.0 Å². The number of thioether (sulfide) groups is 2. The normalized spacial score (nSPS) is 25.9. The number of hydrogen-bond donors (Lipinski definition) is 4. The zero-order valence-corrected chi connectivity index (χ0v) is 22.9. The molecule has 0 bridgehead atoms. The Morgan fingerprint density at radius 2 is 1.89 bits per heavy atom. The van der Waals surface area contributed by atoms with Gasteiger partial charge in [0.25, 0.3) is 0 Å². The zero-order valence-electron chi connectivity index (χ0n) is 20.5. The highest BCUT2D eigenvalue weighted by molar-refractivity contribution is 8.21. The van der Waals surface area contributed by atoms with Crippen molar-refractivity contribution < 1.29 is 27.6 Å². The highest BCUT2D eigenvalue weighted by Gasteiger charge is 2.53. The van der Waals surface area contributed by atoms with Crippen molar-refractivity contribution in [1.29, 1.82) is 0 Å². The van der Waals surface area contributed by atoms with Gasteiger partial charge >= 0.3 is 0 Å². The van der Waals surface area contributed by atoms with Crippen LogP contribution in [-0.2, 0) is 29.2 Å². The minimum Gasteiger partial charge on any atom is -0.368 e. The maximum atomic E-state index is 13.7. The van der Waals surface area contributed by atoms with Crippen molar-refractivity contribution in [1.82, 2.24) is 20.3 Å². The quantitative estimate of drug-likeness (QED) is 0.306. The minimum atomic E-state index is -3.70. The number of rotatable bonds is 8. The lowest BCUT2D eigenvalue weighted by atomic mass is 9.86. The molecule has 198 valence electrons. The number of primary amides is 1. The monoisotopic (exact) mass is 549 g/mol. The van der Waals surface area contributed by atoms with Crippen LogP contribution in [0.2, 0.25) is 0 Å². The molecule has 4 amide bonds. The van der Waals surface area contributed by atoms with Gasteiger partial charge in [0.1, 0.15) is 18.1 Å². The van der Waals surface area contributed by atoms with Crippen LogP contribution in [0.4, 0.5) is 0 Å².